The van der Waals surface area contributed by atoms with Crippen molar-refractivity contribution in [2.45, 2.75) is 0 Å². The average Bonchev–Trinajstić information content (AvgIpc) is 2.69. The molecule has 1 amide bonds. The van der Waals surface area contributed by atoms with E-state index in [1.165, 1.54) is 0 Å². The van der Waals surface area contributed by atoms with E-state index in [1.807, 2.05) is 66.7 Å². The van der Waals surface area contributed by atoms with Gasteiger partial charge >= 0.3 is 0 Å². The summed E-state index contributed by atoms with van der Waals surface area (Å²) < 4.78 is 10.4. The van der Waals surface area contributed by atoms with E-state index in [1.54, 1.807) is 31.3 Å². The molecule has 0 aliphatic carbocycles. The van der Waals surface area contributed by atoms with Gasteiger partial charge in [0.15, 0.2) is 0 Å². The highest BCUT2D eigenvalue weighted by molar-refractivity contribution is 6.11. The number of carbonyl (C=O) groups excluding carboxylic acids is 1. The Bertz CT molecular complexity index is 845. The first-order chi connectivity index (χ1) is 12.2. The normalized spacial score (nSPS) is 10.2. The molecule has 4 heteroatoms. The number of anilines is 2. The third kappa shape index (κ3) is 3.63. The van der Waals surface area contributed by atoms with Gasteiger partial charge in [0, 0.05) is 16.9 Å². The Balaban J connectivity index is 2.05. The van der Waals surface area contributed by atoms with Crippen molar-refractivity contribution >= 4 is 17.3 Å². The van der Waals surface area contributed by atoms with Crippen molar-refractivity contribution in [1.29, 1.82) is 0 Å². The smallest absolute Gasteiger partial charge is 0.262 e. The van der Waals surface area contributed by atoms with Gasteiger partial charge in [-0.05, 0) is 54.6 Å². The highest BCUT2D eigenvalue weighted by Gasteiger charge is 2.20. The van der Waals surface area contributed by atoms with Gasteiger partial charge < -0.3 is 9.47 Å². The first kappa shape index (κ1) is 16.6. The second-order valence-electron chi connectivity index (χ2n) is 5.41. The molecule has 0 aliphatic heterocycles. The SMILES string of the molecule is COc1ccc(N(C(=O)c2cccc(OC)c2)c2ccccc2)cc1. The van der Waals surface area contributed by atoms with E-state index in [4.69, 9.17) is 9.47 Å². The summed E-state index contributed by atoms with van der Waals surface area (Å²) in [5, 5.41) is 0. The van der Waals surface area contributed by atoms with Gasteiger partial charge in [-0.3, -0.25) is 9.69 Å². The predicted octanol–water partition coefficient (Wildman–Crippen LogP) is 4.68. The van der Waals surface area contributed by atoms with Crippen LogP contribution in [0.1, 0.15) is 10.4 Å². The summed E-state index contributed by atoms with van der Waals surface area (Å²) in [7, 11) is 3.20. The van der Waals surface area contributed by atoms with E-state index < -0.39 is 0 Å². The van der Waals surface area contributed by atoms with Crippen LogP contribution in [0.5, 0.6) is 11.5 Å². The molecule has 25 heavy (non-hydrogen) atoms. The van der Waals surface area contributed by atoms with E-state index in [2.05, 4.69) is 0 Å². The standard InChI is InChI=1S/C21H19NO3/c1-24-19-13-11-18(12-14-19)22(17-8-4-3-5-9-17)21(23)16-7-6-10-20(15-16)25-2/h3-15H,1-2H3. The van der Waals surface area contributed by atoms with Crippen LogP contribution >= 0.6 is 0 Å². The highest BCUT2D eigenvalue weighted by Crippen LogP contribution is 2.29. The molecule has 0 saturated heterocycles. The third-order valence-electron chi connectivity index (χ3n) is 3.86. The lowest BCUT2D eigenvalue weighted by Gasteiger charge is -2.23. The molecule has 0 aromatic heterocycles. The van der Waals surface area contributed by atoms with Crippen molar-refractivity contribution in [1.82, 2.24) is 0 Å². The van der Waals surface area contributed by atoms with Gasteiger partial charge in [-0.25, -0.2) is 0 Å². The monoisotopic (exact) mass is 333 g/mol. The molecule has 0 unspecified atom stereocenters. The minimum absolute atomic E-state index is 0.129. The van der Waals surface area contributed by atoms with E-state index in [0.717, 1.165) is 17.1 Å². The van der Waals surface area contributed by atoms with Crippen LogP contribution in [0.3, 0.4) is 0 Å². The number of ether oxygens (including phenoxy) is 2. The second-order valence-corrected chi connectivity index (χ2v) is 5.41. The van der Waals surface area contributed by atoms with Gasteiger partial charge in [-0.1, -0.05) is 24.3 Å². The molecule has 0 saturated carbocycles. The lowest BCUT2D eigenvalue weighted by atomic mass is 10.1. The number of amides is 1. The fraction of sp³-hybridized carbons (Fsp3) is 0.0952. The molecule has 0 aliphatic rings. The summed E-state index contributed by atoms with van der Waals surface area (Å²) in [5.74, 6) is 1.26. The average molecular weight is 333 g/mol. The van der Waals surface area contributed by atoms with E-state index in [9.17, 15) is 4.79 Å². The van der Waals surface area contributed by atoms with Crippen molar-refractivity contribution in [2.75, 3.05) is 19.1 Å². The van der Waals surface area contributed by atoms with Crippen LogP contribution in [-0.4, -0.2) is 20.1 Å². The summed E-state index contributed by atoms with van der Waals surface area (Å²) in [6.07, 6.45) is 0. The maximum atomic E-state index is 13.2. The number of methoxy groups -OCH3 is 2. The predicted molar refractivity (Wildman–Crippen MR) is 98.9 cm³/mol. The third-order valence-corrected chi connectivity index (χ3v) is 3.86. The molecule has 0 heterocycles. The zero-order chi connectivity index (χ0) is 17.6. The first-order valence-electron chi connectivity index (χ1n) is 7.90. The van der Waals surface area contributed by atoms with Crippen LogP contribution in [0, 0.1) is 0 Å². The van der Waals surface area contributed by atoms with Crippen LogP contribution < -0.4 is 14.4 Å². The molecular weight excluding hydrogens is 314 g/mol. The summed E-state index contributed by atoms with van der Waals surface area (Å²) >= 11 is 0. The van der Waals surface area contributed by atoms with Gasteiger partial charge in [0.1, 0.15) is 11.5 Å². The Hall–Kier alpha value is -3.27. The molecule has 0 radical (unpaired) electrons. The molecule has 4 nitrogen and oxygen atoms in total. The van der Waals surface area contributed by atoms with Gasteiger partial charge in [-0.15, -0.1) is 0 Å². The number of nitrogens with zero attached hydrogens (tertiary/aromatic N) is 1. The number of hydrogen-bond acceptors (Lipinski definition) is 3. The Morgan fingerprint density at radius 3 is 2.00 bits per heavy atom. The first-order valence-corrected chi connectivity index (χ1v) is 7.90. The summed E-state index contributed by atoms with van der Waals surface area (Å²) in [6, 6.07) is 24.1. The van der Waals surface area contributed by atoms with Gasteiger partial charge in [-0.2, -0.15) is 0 Å². The quantitative estimate of drug-likeness (QED) is 0.680. The molecule has 126 valence electrons. The van der Waals surface area contributed by atoms with E-state index in [0.29, 0.717) is 11.3 Å². The van der Waals surface area contributed by atoms with Crippen molar-refractivity contribution < 1.29 is 14.3 Å². The Kier molecular flexibility index (Phi) is 5.00. The van der Waals surface area contributed by atoms with Crippen molar-refractivity contribution in [3.8, 4) is 11.5 Å². The van der Waals surface area contributed by atoms with Crippen LogP contribution in [0.2, 0.25) is 0 Å². The number of carbonyl (C=O) groups is 1. The maximum Gasteiger partial charge on any atom is 0.262 e. The largest absolute Gasteiger partial charge is 0.497 e. The topological polar surface area (TPSA) is 38.8 Å². The molecule has 0 atom stereocenters. The Labute approximate surface area is 147 Å². The molecule has 0 spiro atoms. The van der Waals surface area contributed by atoms with E-state index in [-0.39, 0.29) is 5.91 Å². The van der Waals surface area contributed by atoms with Crippen LogP contribution in [0.15, 0.2) is 78.9 Å². The van der Waals surface area contributed by atoms with Crippen molar-refractivity contribution in [3.63, 3.8) is 0 Å². The lowest BCUT2D eigenvalue weighted by molar-refractivity contribution is 0.0999. The van der Waals surface area contributed by atoms with Crippen LogP contribution in [-0.2, 0) is 0 Å². The van der Waals surface area contributed by atoms with Gasteiger partial charge in [0.2, 0.25) is 0 Å². The molecule has 3 aromatic rings. The zero-order valence-corrected chi connectivity index (χ0v) is 14.2. The summed E-state index contributed by atoms with van der Waals surface area (Å²) in [5.41, 5.74) is 2.11. The number of rotatable bonds is 5. The molecular formula is C21H19NO3. The van der Waals surface area contributed by atoms with Crippen molar-refractivity contribution in [3.05, 3.63) is 84.4 Å². The Morgan fingerprint density at radius 1 is 0.720 bits per heavy atom. The minimum atomic E-state index is -0.129. The lowest BCUT2D eigenvalue weighted by Crippen LogP contribution is -2.25. The zero-order valence-electron chi connectivity index (χ0n) is 14.2. The van der Waals surface area contributed by atoms with Crippen molar-refractivity contribution in [2.24, 2.45) is 0 Å². The molecule has 0 fully saturated rings. The highest BCUT2D eigenvalue weighted by atomic mass is 16.5. The molecule has 0 N–H and O–H groups in total. The second kappa shape index (κ2) is 7.53. The molecule has 3 aromatic carbocycles. The van der Waals surface area contributed by atoms with Gasteiger partial charge in [0.05, 0.1) is 14.2 Å². The number of para-hydroxylation sites is 1. The maximum absolute atomic E-state index is 13.2. The minimum Gasteiger partial charge on any atom is -0.497 e. The van der Waals surface area contributed by atoms with Crippen LogP contribution in [0.25, 0.3) is 0 Å². The fourth-order valence-electron chi connectivity index (χ4n) is 2.58. The summed E-state index contributed by atoms with van der Waals surface area (Å²) in [6.45, 7) is 0. The fourth-order valence-corrected chi connectivity index (χ4v) is 2.58. The number of benzene rings is 3. The van der Waals surface area contributed by atoms with Crippen LogP contribution in [0.4, 0.5) is 11.4 Å². The number of hydrogen-bond donors (Lipinski definition) is 0. The van der Waals surface area contributed by atoms with Gasteiger partial charge in [0.25, 0.3) is 5.91 Å². The molecule has 3 rings (SSSR count). The Morgan fingerprint density at radius 2 is 1.36 bits per heavy atom. The molecule has 0 bridgehead atoms. The van der Waals surface area contributed by atoms with E-state index >= 15 is 0 Å². The summed E-state index contributed by atoms with van der Waals surface area (Å²) in [4.78, 5) is 14.9.